The Labute approximate surface area is 187 Å². The number of ether oxygens (including phenoxy) is 1. The number of hydrogen-bond acceptors (Lipinski definition) is 4. The van der Waals surface area contributed by atoms with Gasteiger partial charge in [0.2, 0.25) is 0 Å². The molecule has 1 aliphatic heterocycles. The van der Waals surface area contributed by atoms with E-state index in [4.69, 9.17) is 4.74 Å². The molecule has 1 saturated heterocycles. The highest BCUT2D eigenvalue weighted by Gasteiger charge is 2.46. The van der Waals surface area contributed by atoms with Crippen molar-refractivity contribution in [1.82, 2.24) is 4.90 Å². The molecule has 5 nitrogen and oxygen atoms in total. The van der Waals surface area contributed by atoms with Gasteiger partial charge in [-0.2, -0.15) is 0 Å². The van der Waals surface area contributed by atoms with E-state index in [1.165, 1.54) is 4.90 Å². The van der Waals surface area contributed by atoms with Crippen LogP contribution in [0.3, 0.4) is 0 Å². The van der Waals surface area contributed by atoms with Crippen molar-refractivity contribution in [2.75, 3.05) is 7.11 Å². The number of carbonyl (C=O) groups excluding carboxylic acids is 2. The van der Waals surface area contributed by atoms with Crippen LogP contribution in [-0.4, -0.2) is 28.8 Å². The molecule has 4 rings (SSSR count). The SMILES string of the molecule is COc1cccc(CN2C(=O)C(=O)/C(=C(/O)c3cc(C)ccc3C)C2c2ccccc2)c1. The molecule has 0 aliphatic carbocycles. The molecular weight excluding hydrogens is 402 g/mol. The standard InChI is InChI=1S/C27H25NO4/c1-17-12-13-18(2)22(14-17)25(29)23-24(20-9-5-4-6-10-20)28(27(31)26(23)30)16-19-8-7-11-21(15-19)32-3/h4-15,24,29H,16H2,1-3H3/b25-23+. The number of Topliss-reactive ketones (excluding diaryl/α,β-unsaturated/α-hetero) is 1. The number of methoxy groups -OCH3 is 1. The maximum absolute atomic E-state index is 13.2. The largest absolute Gasteiger partial charge is 0.507 e. The van der Waals surface area contributed by atoms with E-state index >= 15 is 0 Å². The van der Waals surface area contributed by atoms with Gasteiger partial charge in [0, 0.05) is 12.1 Å². The average molecular weight is 428 g/mol. The van der Waals surface area contributed by atoms with Crippen LogP contribution >= 0.6 is 0 Å². The van der Waals surface area contributed by atoms with Crippen LogP contribution in [0.5, 0.6) is 5.75 Å². The Hall–Kier alpha value is -3.86. The van der Waals surface area contributed by atoms with Crippen molar-refractivity contribution in [3.63, 3.8) is 0 Å². The average Bonchev–Trinajstić information content (AvgIpc) is 3.06. The molecule has 0 spiro atoms. The molecule has 1 fully saturated rings. The molecule has 0 radical (unpaired) electrons. The number of ketones is 1. The molecule has 0 bridgehead atoms. The number of benzene rings is 3. The predicted octanol–water partition coefficient (Wildman–Crippen LogP) is 4.93. The lowest BCUT2D eigenvalue weighted by atomic mass is 9.93. The molecule has 1 heterocycles. The van der Waals surface area contributed by atoms with Crippen molar-refractivity contribution in [3.8, 4) is 5.75 Å². The third kappa shape index (κ3) is 3.89. The summed E-state index contributed by atoms with van der Waals surface area (Å²) in [5.41, 5.74) is 4.06. The number of aliphatic hydroxyl groups is 1. The number of rotatable bonds is 5. The zero-order chi connectivity index (χ0) is 22.8. The van der Waals surface area contributed by atoms with Gasteiger partial charge in [-0.1, -0.05) is 60.2 Å². The Bertz CT molecular complexity index is 1210. The quantitative estimate of drug-likeness (QED) is 0.356. The number of carbonyl (C=O) groups is 2. The number of hydrogen-bond donors (Lipinski definition) is 1. The first-order chi connectivity index (χ1) is 15.4. The van der Waals surface area contributed by atoms with Crippen LogP contribution in [-0.2, 0) is 16.1 Å². The van der Waals surface area contributed by atoms with Gasteiger partial charge >= 0.3 is 0 Å². The predicted molar refractivity (Wildman–Crippen MR) is 123 cm³/mol. The summed E-state index contributed by atoms with van der Waals surface area (Å²) < 4.78 is 5.30. The van der Waals surface area contributed by atoms with Crippen molar-refractivity contribution >= 4 is 17.4 Å². The molecule has 5 heteroatoms. The van der Waals surface area contributed by atoms with Crippen LogP contribution in [0.4, 0.5) is 0 Å². The van der Waals surface area contributed by atoms with E-state index in [0.717, 1.165) is 22.3 Å². The van der Waals surface area contributed by atoms with E-state index in [-0.39, 0.29) is 17.9 Å². The fourth-order valence-corrected chi connectivity index (χ4v) is 4.13. The molecule has 1 N–H and O–H groups in total. The number of likely N-dealkylation sites (tertiary alicyclic amines) is 1. The van der Waals surface area contributed by atoms with E-state index in [1.54, 1.807) is 7.11 Å². The smallest absolute Gasteiger partial charge is 0.295 e. The number of aliphatic hydroxyl groups excluding tert-OH is 1. The van der Waals surface area contributed by atoms with E-state index in [2.05, 4.69) is 0 Å². The van der Waals surface area contributed by atoms with Crippen LogP contribution in [0.1, 0.15) is 33.9 Å². The lowest BCUT2D eigenvalue weighted by molar-refractivity contribution is -0.140. The highest BCUT2D eigenvalue weighted by Crippen LogP contribution is 2.40. The van der Waals surface area contributed by atoms with Crippen molar-refractivity contribution in [1.29, 1.82) is 0 Å². The minimum absolute atomic E-state index is 0.109. The van der Waals surface area contributed by atoms with E-state index in [0.29, 0.717) is 11.3 Å². The summed E-state index contributed by atoms with van der Waals surface area (Å²) in [6, 6.07) is 21.7. The lowest BCUT2D eigenvalue weighted by Crippen LogP contribution is -2.29. The molecule has 1 amide bonds. The van der Waals surface area contributed by atoms with Gasteiger partial charge in [0.25, 0.3) is 11.7 Å². The van der Waals surface area contributed by atoms with Crippen molar-refractivity contribution in [2.24, 2.45) is 0 Å². The summed E-state index contributed by atoms with van der Waals surface area (Å²) in [6.45, 7) is 4.01. The molecule has 3 aromatic rings. The van der Waals surface area contributed by atoms with E-state index in [1.807, 2.05) is 86.6 Å². The minimum Gasteiger partial charge on any atom is -0.507 e. The topological polar surface area (TPSA) is 66.8 Å². The first-order valence-electron chi connectivity index (χ1n) is 10.4. The maximum Gasteiger partial charge on any atom is 0.295 e. The van der Waals surface area contributed by atoms with Gasteiger partial charge < -0.3 is 14.7 Å². The van der Waals surface area contributed by atoms with Crippen LogP contribution in [0.25, 0.3) is 5.76 Å². The van der Waals surface area contributed by atoms with Crippen molar-refractivity contribution < 1.29 is 19.4 Å². The maximum atomic E-state index is 13.2. The molecule has 1 unspecified atom stereocenters. The molecule has 1 atom stereocenters. The van der Waals surface area contributed by atoms with Gasteiger partial charge in [-0.25, -0.2) is 0 Å². The van der Waals surface area contributed by atoms with Gasteiger partial charge in [0.15, 0.2) is 0 Å². The normalized spacial score (nSPS) is 17.6. The Kier molecular flexibility index (Phi) is 5.82. The fourth-order valence-electron chi connectivity index (χ4n) is 4.13. The second-order valence-electron chi connectivity index (χ2n) is 8.01. The van der Waals surface area contributed by atoms with Gasteiger partial charge in [0.1, 0.15) is 11.5 Å². The highest BCUT2D eigenvalue weighted by molar-refractivity contribution is 6.46. The monoisotopic (exact) mass is 427 g/mol. The molecule has 162 valence electrons. The molecule has 32 heavy (non-hydrogen) atoms. The zero-order valence-corrected chi connectivity index (χ0v) is 18.3. The molecular formula is C27H25NO4. The van der Waals surface area contributed by atoms with Crippen molar-refractivity contribution in [3.05, 3.63) is 106 Å². The van der Waals surface area contributed by atoms with Crippen LogP contribution in [0, 0.1) is 13.8 Å². The summed E-state index contributed by atoms with van der Waals surface area (Å²) in [6.07, 6.45) is 0. The highest BCUT2D eigenvalue weighted by atomic mass is 16.5. The van der Waals surface area contributed by atoms with Gasteiger partial charge in [-0.3, -0.25) is 9.59 Å². The second kappa shape index (κ2) is 8.71. The Morgan fingerprint density at radius 3 is 2.44 bits per heavy atom. The molecule has 3 aromatic carbocycles. The molecule has 1 aliphatic rings. The van der Waals surface area contributed by atoms with Crippen LogP contribution < -0.4 is 4.74 Å². The molecule has 0 aromatic heterocycles. The van der Waals surface area contributed by atoms with Crippen LogP contribution in [0.15, 0.2) is 78.4 Å². The van der Waals surface area contributed by atoms with Gasteiger partial charge in [-0.05, 0) is 48.7 Å². The zero-order valence-electron chi connectivity index (χ0n) is 18.3. The summed E-state index contributed by atoms with van der Waals surface area (Å²) in [7, 11) is 1.58. The number of nitrogens with zero attached hydrogens (tertiary/aromatic N) is 1. The van der Waals surface area contributed by atoms with E-state index in [9.17, 15) is 14.7 Å². The molecule has 0 saturated carbocycles. The number of amides is 1. The Morgan fingerprint density at radius 2 is 1.72 bits per heavy atom. The summed E-state index contributed by atoms with van der Waals surface area (Å²) in [4.78, 5) is 27.9. The van der Waals surface area contributed by atoms with Gasteiger partial charge in [0.05, 0.1) is 18.7 Å². The lowest BCUT2D eigenvalue weighted by Gasteiger charge is -2.25. The first-order valence-corrected chi connectivity index (χ1v) is 10.4. The Balaban J connectivity index is 1.87. The summed E-state index contributed by atoms with van der Waals surface area (Å²) in [5, 5.41) is 11.3. The van der Waals surface area contributed by atoms with Gasteiger partial charge in [-0.15, -0.1) is 0 Å². The second-order valence-corrected chi connectivity index (χ2v) is 8.01. The van der Waals surface area contributed by atoms with E-state index < -0.39 is 17.7 Å². The third-order valence-electron chi connectivity index (χ3n) is 5.79. The summed E-state index contributed by atoms with van der Waals surface area (Å²) >= 11 is 0. The first kappa shape index (κ1) is 21.4. The number of aryl methyl sites for hydroxylation is 2. The Morgan fingerprint density at radius 1 is 0.969 bits per heavy atom. The fraction of sp³-hybridized carbons (Fsp3) is 0.185. The summed E-state index contributed by atoms with van der Waals surface area (Å²) in [5.74, 6) is -0.786. The minimum atomic E-state index is -0.692. The third-order valence-corrected chi connectivity index (χ3v) is 5.79. The van der Waals surface area contributed by atoms with Crippen molar-refractivity contribution in [2.45, 2.75) is 26.4 Å². The van der Waals surface area contributed by atoms with Crippen LogP contribution in [0.2, 0.25) is 0 Å².